The van der Waals surface area contributed by atoms with Gasteiger partial charge in [0, 0.05) is 32.7 Å². The van der Waals surface area contributed by atoms with E-state index < -0.39 is 35.9 Å². The molecule has 2 heterocycles. The van der Waals surface area contributed by atoms with Gasteiger partial charge in [-0.15, -0.1) is 0 Å². The number of carbonyl (C=O) groups is 1. The number of fused-ring (bicyclic) bond motifs is 1. The van der Waals surface area contributed by atoms with E-state index in [1.807, 2.05) is 30.0 Å². The summed E-state index contributed by atoms with van der Waals surface area (Å²) in [6.07, 6.45) is -5.72. The molecule has 0 bridgehead atoms. The highest BCUT2D eigenvalue weighted by atomic mass is 19.4. The molecule has 2 aliphatic rings. The number of aliphatic hydroxyl groups is 1. The lowest BCUT2D eigenvalue weighted by atomic mass is 10.0. The number of rotatable bonds is 6. The Hall–Kier alpha value is -2.82. The standard InChI is InChI=1S/C24H28F3N3O4/c1-15-2-7-19-20(12-15)33-14-21(34-19)18(31)13-29-8-10-30(11-9-29)22(23(28)32)16-3-5-17(6-4-16)24(25,26)27/h2-7,12,18,21-22,31H,8-11,13-14H2,1H3,(H2,28,32). The Bertz CT molecular complexity index is 1010. The van der Waals surface area contributed by atoms with Crippen LogP contribution in [-0.2, 0) is 11.0 Å². The number of amides is 1. The topological polar surface area (TPSA) is 88.3 Å². The first-order valence-corrected chi connectivity index (χ1v) is 11.1. The fraction of sp³-hybridized carbons (Fsp3) is 0.458. The maximum absolute atomic E-state index is 12.9. The molecule has 34 heavy (non-hydrogen) atoms. The van der Waals surface area contributed by atoms with Crippen molar-refractivity contribution in [3.05, 3.63) is 59.2 Å². The van der Waals surface area contributed by atoms with Crippen molar-refractivity contribution in [3.8, 4) is 11.5 Å². The second kappa shape index (κ2) is 9.81. The van der Waals surface area contributed by atoms with E-state index in [2.05, 4.69) is 4.90 Å². The molecule has 0 spiro atoms. The van der Waals surface area contributed by atoms with Gasteiger partial charge in [0.25, 0.3) is 0 Å². The first kappa shape index (κ1) is 24.3. The first-order valence-electron chi connectivity index (χ1n) is 11.1. The van der Waals surface area contributed by atoms with Crippen LogP contribution in [0.25, 0.3) is 0 Å². The number of nitrogens with two attached hydrogens (primary N) is 1. The van der Waals surface area contributed by atoms with Crippen LogP contribution in [0.15, 0.2) is 42.5 Å². The van der Waals surface area contributed by atoms with Crippen LogP contribution in [0, 0.1) is 6.92 Å². The molecule has 0 aromatic heterocycles. The van der Waals surface area contributed by atoms with Crippen molar-refractivity contribution >= 4 is 5.91 Å². The third kappa shape index (κ3) is 5.45. The fourth-order valence-corrected chi connectivity index (χ4v) is 4.38. The van der Waals surface area contributed by atoms with E-state index in [1.54, 1.807) is 0 Å². The molecule has 10 heteroatoms. The minimum Gasteiger partial charge on any atom is -0.486 e. The van der Waals surface area contributed by atoms with Crippen LogP contribution >= 0.6 is 0 Å². The zero-order valence-corrected chi connectivity index (χ0v) is 18.8. The Balaban J connectivity index is 1.33. The number of aliphatic hydroxyl groups excluding tert-OH is 1. The number of carbonyl (C=O) groups excluding carboxylic acids is 1. The Morgan fingerprint density at radius 1 is 1.12 bits per heavy atom. The van der Waals surface area contributed by atoms with Gasteiger partial charge in [-0.1, -0.05) is 18.2 Å². The van der Waals surface area contributed by atoms with Crippen LogP contribution in [0.4, 0.5) is 13.2 Å². The molecule has 2 aromatic carbocycles. The van der Waals surface area contributed by atoms with Gasteiger partial charge in [-0.2, -0.15) is 13.2 Å². The fourth-order valence-electron chi connectivity index (χ4n) is 4.38. The van der Waals surface area contributed by atoms with E-state index in [-0.39, 0.29) is 6.61 Å². The van der Waals surface area contributed by atoms with Crippen LogP contribution in [0.3, 0.4) is 0 Å². The van der Waals surface area contributed by atoms with E-state index in [0.29, 0.717) is 49.8 Å². The van der Waals surface area contributed by atoms with Crippen molar-refractivity contribution in [1.29, 1.82) is 0 Å². The summed E-state index contributed by atoms with van der Waals surface area (Å²) in [4.78, 5) is 16.1. The smallest absolute Gasteiger partial charge is 0.416 e. The number of benzene rings is 2. The zero-order valence-electron chi connectivity index (χ0n) is 18.8. The van der Waals surface area contributed by atoms with Crippen molar-refractivity contribution < 1.29 is 32.5 Å². The minimum atomic E-state index is -4.44. The van der Waals surface area contributed by atoms with Crippen LogP contribution < -0.4 is 15.2 Å². The number of piperazine rings is 1. The van der Waals surface area contributed by atoms with E-state index in [9.17, 15) is 23.1 Å². The summed E-state index contributed by atoms with van der Waals surface area (Å²) in [5.41, 5.74) is 6.31. The molecule has 0 radical (unpaired) electrons. The van der Waals surface area contributed by atoms with Crippen LogP contribution in [0.1, 0.15) is 22.7 Å². The molecule has 1 fully saturated rings. The van der Waals surface area contributed by atoms with Gasteiger partial charge >= 0.3 is 6.18 Å². The summed E-state index contributed by atoms with van der Waals surface area (Å²) in [6, 6.07) is 9.35. The molecule has 0 aliphatic carbocycles. The van der Waals surface area contributed by atoms with Crippen LogP contribution in [0.5, 0.6) is 11.5 Å². The summed E-state index contributed by atoms with van der Waals surface area (Å²) < 4.78 is 50.2. The molecule has 0 saturated carbocycles. The quantitative estimate of drug-likeness (QED) is 0.662. The molecule has 3 N–H and O–H groups in total. The predicted octanol–water partition coefficient (Wildman–Crippen LogP) is 2.36. The highest BCUT2D eigenvalue weighted by Gasteiger charge is 2.34. The molecular formula is C24H28F3N3O4. The third-order valence-electron chi connectivity index (χ3n) is 6.25. The number of primary amides is 1. The van der Waals surface area contributed by atoms with Crippen LogP contribution in [0.2, 0.25) is 0 Å². The summed E-state index contributed by atoms with van der Waals surface area (Å²) in [5, 5.41) is 10.7. The third-order valence-corrected chi connectivity index (χ3v) is 6.25. The van der Waals surface area contributed by atoms with Crippen molar-refractivity contribution in [2.75, 3.05) is 39.3 Å². The Morgan fingerprint density at radius 2 is 1.79 bits per heavy atom. The molecule has 184 valence electrons. The molecule has 3 unspecified atom stereocenters. The number of hydrogen-bond acceptors (Lipinski definition) is 6. The van der Waals surface area contributed by atoms with E-state index in [0.717, 1.165) is 17.7 Å². The highest BCUT2D eigenvalue weighted by molar-refractivity contribution is 5.81. The summed E-state index contributed by atoms with van der Waals surface area (Å²) in [5.74, 6) is 0.652. The minimum absolute atomic E-state index is 0.245. The number of alkyl halides is 3. The summed E-state index contributed by atoms with van der Waals surface area (Å²) in [6.45, 7) is 4.65. The van der Waals surface area contributed by atoms with Crippen molar-refractivity contribution in [3.63, 3.8) is 0 Å². The Morgan fingerprint density at radius 3 is 2.41 bits per heavy atom. The Kier molecular flexibility index (Phi) is 7.01. The number of β-amino-alcohol motifs (C(OH)–C–C–N with tert-alkyl or cyclic N) is 1. The molecule has 2 aliphatic heterocycles. The van der Waals surface area contributed by atoms with Crippen molar-refractivity contribution in [2.24, 2.45) is 5.73 Å². The van der Waals surface area contributed by atoms with Gasteiger partial charge < -0.3 is 20.3 Å². The van der Waals surface area contributed by atoms with Crippen LogP contribution in [-0.4, -0.2) is 72.4 Å². The van der Waals surface area contributed by atoms with E-state index in [1.165, 1.54) is 12.1 Å². The second-order valence-electron chi connectivity index (χ2n) is 8.75. The van der Waals surface area contributed by atoms with Gasteiger partial charge in [-0.3, -0.25) is 14.6 Å². The van der Waals surface area contributed by atoms with E-state index in [4.69, 9.17) is 15.2 Å². The molecule has 4 rings (SSSR count). The normalized spacial score (nSPS) is 21.1. The molecule has 1 saturated heterocycles. The molecule has 2 aromatic rings. The lowest BCUT2D eigenvalue weighted by Crippen LogP contribution is -2.54. The molecule has 3 atom stereocenters. The maximum atomic E-state index is 12.9. The number of halogens is 3. The number of hydrogen-bond donors (Lipinski definition) is 2. The predicted molar refractivity (Wildman–Crippen MR) is 118 cm³/mol. The van der Waals surface area contributed by atoms with Gasteiger partial charge in [0.05, 0.1) is 5.56 Å². The first-order chi connectivity index (χ1) is 16.1. The van der Waals surface area contributed by atoms with Crippen molar-refractivity contribution in [2.45, 2.75) is 31.3 Å². The monoisotopic (exact) mass is 479 g/mol. The highest BCUT2D eigenvalue weighted by Crippen LogP contribution is 2.33. The zero-order chi connectivity index (χ0) is 24.5. The average Bonchev–Trinajstić information content (AvgIpc) is 2.79. The molecule has 1 amide bonds. The SMILES string of the molecule is Cc1ccc2c(c1)OCC(C(O)CN1CCN(C(C(N)=O)c3ccc(C(F)(F)F)cc3)CC1)O2. The Labute approximate surface area is 195 Å². The van der Waals surface area contributed by atoms with Gasteiger partial charge in [-0.25, -0.2) is 0 Å². The largest absolute Gasteiger partial charge is 0.486 e. The molecule has 7 nitrogen and oxygen atoms in total. The maximum Gasteiger partial charge on any atom is 0.416 e. The van der Waals surface area contributed by atoms with Gasteiger partial charge in [0.2, 0.25) is 5.91 Å². The number of aryl methyl sites for hydroxylation is 1. The summed E-state index contributed by atoms with van der Waals surface area (Å²) >= 11 is 0. The lowest BCUT2D eigenvalue weighted by Gasteiger charge is -2.40. The molecular weight excluding hydrogens is 451 g/mol. The number of ether oxygens (including phenoxy) is 2. The van der Waals surface area contributed by atoms with Gasteiger partial charge in [0.1, 0.15) is 18.8 Å². The second-order valence-corrected chi connectivity index (χ2v) is 8.75. The number of nitrogens with zero attached hydrogens (tertiary/aromatic N) is 2. The van der Waals surface area contributed by atoms with Crippen molar-refractivity contribution in [1.82, 2.24) is 9.80 Å². The van der Waals surface area contributed by atoms with E-state index >= 15 is 0 Å². The van der Waals surface area contributed by atoms with Gasteiger partial charge in [0.15, 0.2) is 17.6 Å². The lowest BCUT2D eigenvalue weighted by molar-refractivity contribution is -0.137. The van der Waals surface area contributed by atoms with Gasteiger partial charge in [-0.05, 0) is 42.3 Å². The summed E-state index contributed by atoms with van der Waals surface area (Å²) in [7, 11) is 0. The average molecular weight is 479 g/mol.